The molecule has 4 heteroatoms. The summed E-state index contributed by atoms with van der Waals surface area (Å²) in [5.41, 5.74) is 1.81. The zero-order valence-corrected chi connectivity index (χ0v) is 12.3. The van der Waals surface area contributed by atoms with Gasteiger partial charge in [0.15, 0.2) is 0 Å². The molecule has 0 radical (unpaired) electrons. The molecule has 1 aromatic rings. The first-order valence-electron chi connectivity index (χ1n) is 6.53. The van der Waals surface area contributed by atoms with Crippen LogP contribution in [0.1, 0.15) is 22.3 Å². The number of rotatable bonds is 7. The predicted octanol–water partition coefficient (Wildman–Crippen LogP) is 1.86. The number of hydrogen-bond donors (Lipinski definition) is 0. The van der Waals surface area contributed by atoms with Gasteiger partial charge in [0, 0.05) is 6.54 Å². The average Bonchev–Trinajstić information content (AvgIpc) is 2.38. The van der Waals surface area contributed by atoms with E-state index in [0.717, 1.165) is 26.1 Å². The van der Waals surface area contributed by atoms with Crippen molar-refractivity contribution in [1.82, 2.24) is 9.80 Å². The van der Waals surface area contributed by atoms with Crippen LogP contribution in [0.15, 0.2) is 24.3 Å². The Morgan fingerprint density at radius 1 is 1.11 bits per heavy atom. The Labute approximate surface area is 116 Å². The Hall–Kier alpha value is -1.39. The van der Waals surface area contributed by atoms with Gasteiger partial charge in [-0.25, -0.2) is 4.79 Å². The average molecular weight is 264 g/mol. The fraction of sp³-hybridized carbons (Fsp3) is 0.533. The van der Waals surface area contributed by atoms with E-state index < -0.39 is 0 Å². The second kappa shape index (κ2) is 7.92. The van der Waals surface area contributed by atoms with Crippen molar-refractivity contribution in [1.29, 1.82) is 0 Å². The lowest BCUT2D eigenvalue weighted by atomic mass is 10.1. The van der Waals surface area contributed by atoms with Gasteiger partial charge >= 0.3 is 5.97 Å². The van der Waals surface area contributed by atoms with E-state index in [4.69, 9.17) is 0 Å². The highest BCUT2D eigenvalue weighted by Gasteiger charge is 2.05. The smallest absolute Gasteiger partial charge is 0.337 e. The molecule has 0 unspecified atom stereocenters. The lowest BCUT2D eigenvalue weighted by molar-refractivity contribution is 0.0600. The van der Waals surface area contributed by atoms with Crippen molar-refractivity contribution in [2.45, 2.75) is 13.0 Å². The van der Waals surface area contributed by atoms with Crippen molar-refractivity contribution in [3.05, 3.63) is 35.4 Å². The summed E-state index contributed by atoms with van der Waals surface area (Å²) in [5.74, 6) is -0.286. The number of nitrogens with zero attached hydrogens (tertiary/aromatic N) is 2. The van der Waals surface area contributed by atoms with Gasteiger partial charge in [0.1, 0.15) is 0 Å². The van der Waals surface area contributed by atoms with E-state index in [2.05, 4.69) is 35.7 Å². The highest BCUT2D eigenvalue weighted by Crippen LogP contribution is 2.08. The number of hydrogen-bond acceptors (Lipinski definition) is 4. The molecule has 0 saturated carbocycles. The summed E-state index contributed by atoms with van der Waals surface area (Å²) in [6.07, 6.45) is 1.16. The first kappa shape index (κ1) is 15.7. The monoisotopic (exact) mass is 264 g/mol. The van der Waals surface area contributed by atoms with Gasteiger partial charge < -0.3 is 14.5 Å². The molecule has 19 heavy (non-hydrogen) atoms. The van der Waals surface area contributed by atoms with Crippen molar-refractivity contribution >= 4 is 5.97 Å². The maximum atomic E-state index is 11.3. The molecule has 0 amide bonds. The molecule has 0 atom stereocenters. The third-order valence-electron chi connectivity index (χ3n) is 2.97. The van der Waals surface area contributed by atoms with Crippen molar-refractivity contribution in [2.75, 3.05) is 41.3 Å². The summed E-state index contributed by atoms with van der Waals surface area (Å²) in [7, 11) is 7.69. The Morgan fingerprint density at radius 2 is 1.74 bits per heavy atom. The zero-order valence-electron chi connectivity index (χ0n) is 12.3. The van der Waals surface area contributed by atoms with Crippen LogP contribution in [0.4, 0.5) is 0 Å². The molecule has 1 rings (SSSR count). The zero-order chi connectivity index (χ0) is 14.3. The molecule has 0 aliphatic carbocycles. The predicted molar refractivity (Wildman–Crippen MR) is 77.3 cm³/mol. The van der Waals surface area contributed by atoms with Crippen LogP contribution in [0.2, 0.25) is 0 Å². The summed E-state index contributed by atoms with van der Waals surface area (Å²) in [4.78, 5) is 15.8. The lowest BCUT2D eigenvalue weighted by Gasteiger charge is -2.18. The van der Waals surface area contributed by atoms with Crippen LogP contribution in [0.5, 0.6) is 0 Å². The lowest BCUT2D eigenvalue weighted by Crippen LogP contribution is -2.23. The van der Waals surface area contributed by atoms with E-state index in [-0.39, 0.29) is 5.97 Å². The van der Waals surface area contributed by atoms with Gasteiger partial charge in [0.2, 0.25) is 0 Å². The molecule has 0 N–H and O–H groups in total. The van der Waals surface area contributed by atoms with Crippen LogP contribution < -0.4 is 0 Å². The number of benzene rings is 1. The van der Waals surface area contributed by atoms with Gasteiger partial charge in [-0.1, -0.05) is 12.1 Å². The number of esters is 1. The van der Waals surface area contributed by atoms with E-state index in [1.54, 1.807) is 0 Å². The van der Waals surface area contributed by atoms with Crippen LogP contribution in [0.25, 0.3) is 0 Å². The minimum atomic E-state index is -0.286. The second-order valence-electron chi connectivity index (χ2n) is 5.08. The Kier molecular flexibility index (Phi) is 6.53. The Morgan fingerprint density at radius 3 is 2.26 bits per heavy atom. The molecule has 0 fully saturated rings. The molecular weight excluding hydrogens is 240 g/mol. The van der Waals surface area contributed by atoms with E-state index in [9.17, 15) is 4.79 Å². The van der Waals surface area contributed by atoms with Crippen LogP contribution in [-0.4, -0.2) is 57.1 Å². The molecular formula is C15H24N2O2. The number of carbonyl (C=O) groups is 1. The quantitative estimate of drug-likeness (QED) is 0.704. The standard InChI is InChI=1S/C15H24N2O2/c1-16(2)10-5-11-17(3)12-13-6-8-14(9-7-13)15(18)19-4/h6-9H,5,10-12H2,1-4H3. The summed E-state index contributed by atoms with van der Waals surface area (Å²) in [5, 5.41) is 0. The molecule has 0 spiro atoms. The van der Waals surface area contributed by atoms with Crippen molar-refractivity contribution in [2.24, 2.45) is 0 Å². The maximum absolute atomic E-state index is 11.3. The topological polar surface area (TPSA) is 32.8 Å². The van der Waals surface area contributed by atoms with E-state index >= 15 is 0 Å². The molecule has 0 aliphatic heterocycles. The van der Waals surface area contributed by atoms with Crippen LogP contribution in [0.3, 0.4) is 0 Å². The number of methoxy groups -OCH3 is 1. The molecule has 0 bridgehead atoms. The maximum Gasteiger partial charge on any atom is 0.337 e. The van der Waals surface area contributed by atoms with E-state index in [0.29, 0.717) is 5.56 Å². The Balaban J connectivity index is 2.42. The SMILES string of the molecule is COC(=O)c1ccc(CN(C)CCCN(C)C)cc1. The largest absolute Gasteiger partial charge is 0.465 e. The van der Waals surface area contributed by atoms with Gasteiger partial charge in [-0.2, -0.15) is 0 Å². The molecule has 0 saturated heterocycles. The van der Waals surface area contributed by atoms with Gasteiger partial charge in [0.25, 0.3) is 0 Å². The van der Waals surface area contributed by atoms with Gasteiger partial charge in [0.05, 0.1) is 12.7 Å². The van der Waals surface area contributed by atoms with Crippen LogP contribution >= 0.6 is 0 Å². The highest BCUT2D eigenvalue weighted by molar-refractivity contribution is 5.89. The fourth-order valence-electron chi connectivity index (χ4n) is 1.91. The van der Waals surface area contributed by atoms with Crippen molar-refractivity contribution in [3.63, 3.8) is 0 Å². The van der Waals surface area contributed by atoms with Crippen LogP contribution in [0, 0.1) is 0 Å². The van der Waals surface area contributed by atoms with Gasteiger partial charge in [-0.3, -0.25) is 0 Å². The van der Waals surface area contributed by atoms with Gasteiger partial charge in [-0.05, 0) is 58.3 Å². The minimum Gasteiger partial charge on any atom is -0.465 e. The highest BCUT2D eigenvalue weighted by atomic mass is 16.5. The first-order chi connectivity index (χ1) is 9.02. The van der Waals surface area contributed by atoms with Crippen molar-refractivity contribution in [3.8, 4) is 0 Å². The number of ether oxygens (including phenoxy) is 1. The summed E-state index contributed by atoms with van der Waals surface area (Å²) in [6, 6.07) is 7.59. The second-order valence-corrected chi connectivity index (χ2v) is 5.08. The van der Waals surface area contributed by atoms with Crippen molar-refractivity contribution < 1.29 is 9.53 Å². The minimum absolute atomic E-state index is 0.286. The third kappa shape index (κ3) is 5.85. The molecule has 0 aliphatic rings. The Bertz CT molecular complexity index is 388. The summed E-state index contributed by atoms with van der Waals surface area (Å²) >= 11 is 0. The summed E-state index contributed by atoms with van der Waals surface area (Å²) < 4.78 is 4.68. The molecule has 106 valence electrons. The molecule has 1 aromatic carbocycles. The molecule has 0 heterocycles. The third-order valence-corrected chi connectivity index (χ3v) is 2.97. The first-order valence-corrected chi connectivity index (χ1v) is 6.53. The summed E-state index contributed by atoms with van der Waals surface area (Å²) in [6.45, 7) is 3.07. The van der Waals surface area contributed by atoms with E-state index in [1.165, 1.54) is 12.7 Å². The number of carbonyl (C=O) groups excluding carboxylic acids is 1. The molecule has 4 nitrogen and oxygen atoms in total. The van der Waals surface area contributed by atoms with Crippen LogP contribution in [-0.2, 0) is 11.3 Å². The fourth-order valence-corrected chi connectivity index (χ4v) is 1.91. The normalized spacial score (nSPS) is 11.1. The van der Waals surface area contributed by atoms with Gasteiger partial charge in [-0.15, -0.1) is 0 Å². The molecule has 0 aromatic heterocycles. The van der Waals surface area contributed by atoms with E-state index in [1.807, 2.05) is 24.3 Å².